The molecule has 0 amide bonds. The Morgan fingerprint density at radius 3 is 2.50 bits per heavy atom. The Morgan fingerprint density at radius 2 is 1.92 bits per heavy atom. The zero-order chi connectivity index (χ0) is 8.39. The van der Waals surface area contributed by atoms with E-state index in [2.05, 4.69) is 17.1 Å². The molecule has 1 N–H and O–H groups in total. The van der Waals surface area contributed by atoms with Crippen molar-refractivity contribution in [3.05, 3.63) is 0 Å². The number of nitrogens with one attached hydrogen (secondary N) is 1. The highest BCUT2D eigenvalue weighted by Crippen LogP contribution is 2.20. The normalized spacial score (nSPS) is 28.8. The molecule has 0 bridgehead atoms. The molecule has 2 rings (SSSR count). The van der Waals surface area contributed by atoms with Crippen LogP contribution in [0.2, 0.25) is 0 Å². The lowest BCUT2D eigenvalue weighted by Crippen LogP contribution is -2.48. The molecule has 2 nitrogen and oxygen atoms in total. The average molecular weight is 168 g/mol. The van der Waals surface area contributed by atoms with Gasteiger partial charge in [0.1, 0.15) is 0 Å². The Balaban J connectivity index is 1.65. The summed E-state index contributed by atoms with van der Waals surface area (Å²) in [4.78, 5) is 2.61. The highest BCUT2D eigenvalue weighted by atomic mass is 15.2. The monoisotopic (exact) mass is 168 g/mol. The van der Waals surface area contributed by atoms with Gasteiger partial charge in [-0.05, 0) is 37.8 Å². The lowest BCUT2D eigenvalue weighted by molar-refractivity contribution is 0.0849. The summed E-state index contributed by atoms with van der Waals surface area (Å²) in [7, 11) is 0. The molecule has 0 unspecified atom stereocenters. The molecule has 2 aliphatic rings. The molecular weight excluding hydrogens is 148 g/mol. The van der Waals surface area contributed by atoms with Crippen LogP contribution >= 0.6 is 0 Å². The fourth-order valence-electron chi connectivity index (χ4n) is 2.41. The quantitative estimate of drug-likeness (QED) is 0.660. The Labute approximate surface area is 75.3 Å². The van der Waals surface area contributed by atoms with E-state index >= 15 is 0 Å². The van der Waals surface area contributed by atoms with Crippen molar-refractivity contribution in [3.63, 3.8) is 0 Å². The van der Waals surface area contributed by atoms with Crippen LogP contribution in [-0.4, -0.2) is 37.6 Å². The summed E-state index contributed by atoms with van der Waals surface area (Å²) in [6.07, 6.45) is 2.79. The first-order valence-electron chi connectivity index (χ1n) is 5.27. The largest absolute Gasteiger partial charge is 0.317 e. The maximum atomic E-state index is 3.41. The van der Waals surface area contributed by atoms with E-state index in [0.29, 0.717) is 0 Å². The average Bonchev–Trinajstić information content (AvgIpc) is 2.04. The molecule has 0 aromatic carbocycles. The molecule has 70 valence electrons. The number of hydrogen-bond donors (Lipinski definition) is 1. The molecular formula is C10H20N2. The summed E-state index contributed by atoms with van der Waals surface area (Å²) >= 11 is 0. The van der Waals surface area contributed by atoms with Crippen LogP contribution in [0.25, 0.3) is 0 Å². The molecule has 0 aliphatic carbocycles. The van der Waals surface area contributed by atoms with Gasteiger partial charge in [-0.1, -0.05) is 6.92 Å². The number of hydrogen-bond acceptors (Lipinski definition) is 2. The third-order valence-electron chi connectivity index (χ3n) is 3.11. The van der Waals surface area contributed by atoms with E-state index in [1.54, 1.807) is 0 Å². The molecule has 0 atom stereocenters. The molecule has 12 heavy (non-hydrogen) atoms. The van der Waals surface area contributed by atoms with Crippen LogP contribution in [0.5, 0.6) is 0 Å². The highest BCUT2D eigenvalue weighted by molar-refractivity contribution is 4.80. The molecule has 0 saturated carbocycles. The highest BCUT2D eigenvalue weighted by Gasteiger charge is 2.25. The van der Waals surface area contributed by atoms with E-state index in [0.717, 1.165) is 11.8 Å². The van der Waals surface area contributed by atoms with Crippen molar-refractivity contribution in [1.82, 2.24) is 10.2 Å². The maximum absolute atomic E-state index is 3.41. The third-order valence-corrected chi connectivity index (χ3v) is 3.11. The van der Waals surface area contributed by atoms with Crippen molar-refractivity contribution in [2.24, 2.45) is 11.8 Å². The number of nitrogens with zero attached hydrogens (tertiary/aromatic N) is 1. The summed E-state index contributed by atoms with van der Waals surface area (Å²) in [6.45, 7) is 8.90. The first kappa shape index (κ1) is 8.52. The van der Waals surface area contributed by atoms with E-state index in [1.807, 2.05) is 0 Å². The Morgan fingerprint density at radius 1 is 1.25 bits per heavy atom. The number of rotatable bonds is 2. The third kappa shape index (κ3) is 1.99. The molecule has 2 saturated heterocycles. The second kappa shape index (κ2) is 3.75. The van der Waals surface area contributed by atoms with E-state index in [4.69, 9.17) is 0 Å². The molecule has 2 aliphatic heterocycles. The van der Waals surface area contributed by atoms with Gasteiger partial charge in [0.15, 0.2) is 0 Å². The minimum Gasteiger partial charge on any atom is -0.317 e. The van der Waals surface area contributed by atoms with Crippen LogP contribution in [0, 0.1) is 11.8 Å². The van der Waals surface area contributed by atoms with Gasteiger partial charge in [-0.15, -0.1) is 0 Å². The fraction of sp³-hybridized carbons (Fsp3) is 1.00. The second-order valence-corrected chi connectivity index (χ2v) is 4.52. The standard InChI is InChI=1S/C10H20N2/c1-9-6-12(7-9)8-10-2-4-11-5-3-10/h9-11H,2-8H2,1H3. The molecule has 0 aromatic rings. The SMILES string of the molecule is CC1CN(CC2CCNCC2)C1. The molecule has 2 heterocycles. The van der Waals surface area contributed by atoms with Crippen molar-refractivity contribution in [2.45, 2.75) is 19.8 Å². The van der Waals surface area contributed by atoms with Gasteiger partial charge in [0.25, 0.3) is 0 Å². The van der Waals surface area contributed by atoms with E-state index in [9.17, 15) is 0 Å². The molecule has 2 heteroatoms. The summed E-state index contributed by atoms with van der Waals surface area (Å²) in [6, 6.07) is 0. The van der Waals surface area contributed by atoms with Crippen LogP contribution in [-0.2, 0) is 0 Å². The Kier molecular flexibility index (Phi) is 2.66. The van der Waals surface area contributed by atoms with Crippen LogP contribution in [0.4, 0.5) is 0 Å². The summed E-state index contributed by atoms with van der Waals surface area (Å²) in [5.74, 6) is 1.95. The molecule has 0 radical (unpaired) electrons. The number of likely N-dealkylation sites (tertiary alicyclic amines) is 1. The van der Waals surface area contributed by atoms with Crippen molar-refractivity contribution in [1.29, 1.82) is 0 Å². The lowest BCUT2D eigenvalue weighted by Gasteiger charge is -2.40. The second-order valence-electron chi connectivity index (χ2n) is 4.52. The van der Waals surface area contributed by atoms with Gasteiger partial charge in [0, 0.05) is 19.6 Å². The zero-order valence-corrected chi connectivity index (χ0v) is 8.05. The smallest absolute Gasteiger partial charge is 0.00195 e. The van der Waals surface area contributed by atoms with Crippen molar-refractivity contribution >= 4 is 0 Å². The predicted octanol–water partition coefficient (Wildman–Crippen LogP) is 0.938. The van der Waals surface area contributed by atoms with Gasteiger partial charge in [-0.2, -0.15) is 0 Å². The van der Waals surface area contributed by atoms with E-state index in [-0.39, 0.29) is 0 Å². The first-order chi connectivity index (χ1) is 5.84. The number of piperidine rings is 1. The van der Waals surface area contributed by atoms with Crippen molar-refractivity contribution in [3.8, 4) is 0 Å². The molecule has 0 aromatic heterocycles. The van der Waals surface area contributed by atoms with Crippen LogP contribution < -0.4 is 5.32 Å². The summed E-state index contributed by atoms with van der Waals surface area (Å²) < 4.78 is 0. The van der Waals surface area contributed by atoms with Gasteiger partial charge in [0.05, 0.1) is 0 Å². The Bertz CT molecular complexity index is 135. The molecule has 2 fully saturated rings. The van der Waals surface area contributed by atoms with Crippen LogP contribution in [0.1, 0.15) is 19.8 Å². The minimum atomic E-state index is 0.965. The van der Waals surface area contributed by atoms with Crippen LogP contribution in [0.3, 0.4) is 0 Å². The minimum absolute atomic E-state index is 0.965. The van der Waals surface area contributed by atoms with Gasteiger partial charge in [0.2, 0.25) is 0 Å². The zero-order valence-electron chi connectivity index (χ0n) is 8.05. The molecule has 0 spiro atoms. The van der Waals surface area contributed by atoms with E-state index in [1.165, 1.54) is 45.6 Å². The van der Waals surface area contributed by atoms with Gasteiger partial charge in [-0.25, -0.2) is 0 Å². The van der Waals surface area contributed by atoms with Crippen LogP contribution in [0.15, 0.2) is 0 Å². The summed E-state index contributed by atoms with van der Waals surface area (Å²) in [5.41, 5.74) is 0. The first-order valence-corrected chi connectivity index (χ1v) is 5.27. The predicted molar refractivity (Wildman–Crippen MR) is 51.2 cm³/mol. The van der Waals surface area contributed by atoms with E-state index < -0.39 is 0 Å². The van der Waals surface area contributed by atoms with Gasteiger partial charge < -0.3 is 10.2 Å². The maximum Gasteiger partial charge on any atom is 0.00195 e. The van der Waals surface area contributed by atoms with Gasteiger partial charge >= 0.3 is 0 Å². The summed E-state index contributed by atoms with van der Waals surface area (Å²) in [5, 5.41) is 3.41. The Hall–Kier alpha value is -0.0800. The fourth-order valence-corrected chi connectivity index (χ4v) is 2.41. The topological polar surface area (TPSA) is 15.3 Å². The van der Waals surface area contributed by atoms with Crippen molar-refractivity contribution in [2.75, 3.05) is 32.7 Å². The lowest BCUT2D eigenvalue weighted by atomic mass is 9.94. The van der Waals surface area contributed by atoms with Crippen molar-refractivity contribution < 1.29 is 0 Å². The van der Waals surface area contributed by atoms with Gasteiger partial charge in [-0.3, -0.25) is 0 Å².